The monoisotopic (exact) mass is 311 g/mol. The summed E-state index contributed by atoms with van der Waals surface area (Å²) in [5, 5.41) is 0. The number of hydrogen-bond donors (Lipinski definition) is 1. The van der Waals surface area contributed by atoms with Gasteiger partial charge >= 0.3 is 0 Å². The fourth-order valence-electron chi connectivity index (χ4n) is 1.15. The lowest BCUT2D eigenvalue weighted by molar-refractivity contribution is 0.560. The van der Waals surface area contributed by atoms with Crippen LogP contribution in [0.1, 0.15) is 13.8 Å². The van der Waals surface area contributed by atoms with Gasteiger partial charge in [0.25, 0.3) is 9.05 Å². The fraction of sp³-hybridized carbons (Fsp3) is 0.400. The Kier molecular flexibility index (Phi) is 4.77. The average molecular weight is 312 g/mol. The number of sulfonamides is 1. The Morgan fingerprint density at radius 3 is 2.22 bits per heavy atom. The molecule has 8 heteroatoms. The highest BCUT2D eigenvalue weighted by Crippen LogP contribution is 2.18. The molecule has 0 amide bonds. The first kappa shape index (κ1) is 15.4. The third-order valence-corrected chi connectivity index (χ3v) is 4.85. The Hall–Kier alpha value is -0.630. The third-order valence-electron chi connectivity index (χ3n) is 2.08. The minimum Gasteiger partial charge on any atom is -0.211 e. The molecule has 0 aliphatic heterocycles. The molecule has 0 bridgehead atoms. The summed E-state index contributed by atoms with van der Waals surface area (Å²) in [5.74, 6) is 0.153. The molecule has 0 spiro atoms. The lowest BCUT2D eigenvalue weighted by atomic mass is 10.2. The normalized spacial score (nSPS) is 12.9. The Balaban J connectivity index is 3.11. The molecule has 0 fully saturated rings. The van der Waals surface area contributed by atoms with Crippen molar-refractivity contribution < 1.29 is 16.8 Å². The smallest absolute Gasteiger partial charge is 0.211 e. The standard InChI is InChI=1S/C10H14ClNO4S2/c1-8(2)7-12-18(15,16)10-5-3-4-9(6-10)17(11,13)14/h3-6,8,12H,7H2,1-2H3. The fourth-order valence-corrected chi connectivity index (χ4v) is 3.28. The second-order valence-corrected chi connectivity index (χ2v) is 8.49. The summed E-state index contributed by atoms with van der Waals surface area (Å²) in [6.45, 7) is 4.00. The summed E-state index contributed by atoms with van der Waals surface area (Å²) in [4.78, 5) is -0.360. The van der Waals surface area contributed by atoms with Crippen LogP contribution < -0.4 is 4.72 Å². The number of hydrogen-bond acceptors (Lipinski definition) is 4. The van der Waals surface area contributed by atoms with E-state index in [4.69, 9.17) is 10.7 Å². The van der Waals surface area contributed by atoms with Crippen molar-refractivity contribution in [3.8, 4) is 0 Å². The van der Waals surface area contributed by atoms with Gasteiger partial charge in [-0.05, 0) is 24.1 Å². The van der Waals surface area contributed by atoms with E-state index >= 15 is 0 Å². The minimum absolute atomic E-state index is 0.120. The highest BCUT2D eigenvalue weighted by Gasteiger charge is 2.17. The molecule has 18 heavy (non-hydrogen) atoms. The van der Waals surface area contributed by atoms with Gasteiger partial charge in [-0.3, -0.25) is 0 Å². The van der Waals surface area contributed by atoms with Gasteiger partial charge in [0.2, 0.25) is 10.0 Å². The molecule has 5 nitrogen and oxygen atoms in total. The summed E-state index contributed by atoms with van der Waals surface area (Å²) >= 11 is 0. The molecule has 1 N–H and O–H groups in total. The first-order chi connectivity index (χ1) is 8.13. The van der Waals surface area contributed by atoms with Crippen molar-refractivity contribution in [2.45, 2.75) is 23.6 Å². The predicted molar refractivity (Wildman–Crippen MR) is 69.5 cm³/mol. The topological polar surface area (TPSA) is 80.3 Å². The van der Waals surface area contributed by atoms with Gasteiger partial charge in [-0.1, -0.05) is 19.9 Å². The first-order valence-electron chi connectivity index (χ1n) is 5.17. The van der Waals surface area contributed by atoms with Crippen molar-refractivity contribution >= 4 is 29.8 Å². The van der Waals surface area contributed by atoms with Crippen LogP contribution in [0.15, 0.2) is 34.1 Å². The van der Waals surface area contributed by atoms with E-state index in [2.05, 4.69) is 4.72 Å². The molecular weight excluding hydrogens is 298 g/mol. The Morgan fingerprint density at radius 1 is 1.17 bits per heavy atom. The Bertz CT molecular complexity index is 623. The van der Waals surface area contributed by atoms with Crippen LogP contribution in [0.25, 0.3) is 0 Å². The highest BCUT2D eigenvalue weighted by atomic mass is 35.7. The van der Waals surface area contributed by atoms with Crippen LogP contribution in [0.4, 0.5) is 0 Å². The molecule has 0 aromatic heterocycles. The van der Waals surface area contributed by atoms with Crippen molar-refractivity contribution in [3.05, 3.63) is 24.3 Å². The summed E-state index contributed by atoms with van der Waals surface area (Å²) in [6, 6.07) is 4.92. The zero-order chi connectivity index (χ0) is 14.0. The largest absolute Gasteiger partial charge is 0.261 e. The van der Waals surface area contributed by atoms with E-state index < -0.39 is 19.1 Å². The van der Waals surface area contributed by atoms with Gasteiger partial charge in [-0.15, -0.1) is 0 Å². The van der Waals surface area contributed by atoms with Crippen LogP contribution in [0, 0.1) is 5.92 Å². The van der Waals surface area contributed by atoms with E-state index in [1.807, 2.05) is 13.8 Å². The van der Waals surface area contributed by atoms with Gasteiger partial charge in [0.15, 0.2) is 0 Å². The van der Waals surface area contributed by atoms with Crippen LogP contribution in [-0.2, 0) is 19.1 Å². The van der Waals surface area contributed by atoms with Crippen LogP contribution in [0.2, 0.25) is 0 Å². The lowest BCUT2D eigenvalue weighted by Crippen LogP contribution is -2.27. The Morgan fingerprint density at radius 2 is 1.72 bits per heavy atom. The zero-order valence-electron chi connectivity index (χ0n) is 9.92. The molecule has 0 saturated heterocycles. The summed E-state index contributed by atoms with van der Waals surface area (Å²) < 4.78 is 48.4. The van der Waals surface area contributed by atoms with Gasteiger partial charge in [-0.2, -0.15) is 0 Å². The van der Waals surface area contributed by atoms with Gasteiger partial charge in [0.05, 0.1) is 9.79 Å². The minimum atomic E-state index is -3.94. The zero-order valence-corrected chi connectivity index (χ0v) is 12.3. The molecule has 102 valence electrons. The second-order valence-electron chi connectivity index (χ2n) is 4.16. The van der Waals surface area contributed by atoms with Gasteiger partial charge in [-0.25, -0.2) is 21.6 Å². The maximum atomic E-state index is 11.9. The first-order valence-corrected chi connectivity index (χ1v) is 8.96. The maximum Gasteiger partial charge on any atom is 0.261 e. The third kappa shape index (κ3) is 4.24. The van der Waals surface area contributed by atoms with Crippen LogP contribution in [0.5, 0.6) is 0 Å². The molecule has 0 atom stereocenters. The predicted octanol–water partition coefficient (Wildman–Crippen LogP) is 1.55. The molecule has 0 unspecified atom stereocenters. The number of halogens is 1. The van der Waals surface area contributed by atoms with E-state index in [1.54, 1.807) is 0 Å². The molecule has 1 aromatic carbocycles. The average Bonchev–Trinajstić information content (AvgIpc) is 2.26. The number of rotatable bonds is 5. The number of nitrogens with one attached hydrogen (secondary N) is 1. The molecule has 1 rings (SSSR count). The van der Waals surface area contributed by atoms with E-state index in [1.165, 1.54) is 18.2 Å². The number of benzene rings is 1. The summed E-state index contributed by atoms with van der Waals surface area (Å²) in [7, 11) is -2.48. The van der Waals surface area contributed by atoms with Gasteiger partial charge < -0.3 is 0 Å². The molecular formula is C10H14ClNO4S2. The van der Waals surface area contributed by atoms with Gasteiger partial charge in [0, 0.05) is 17.2 Å². The molecule has 1 aromatic rings. The molecule has 0 aliphatic carbocycles. The molecule has 0 aliphatic rings. The maximum absolute atomic E-state index is 11.9. The van der Waals surface area contributed by atoms with E-state index in [9.17, 15) is 16.8 Å². The van der Waals surface area contributed by atoms with Crippen LogP contribution >= 0.6 is 10.7 Å². The molecule has 0 heterocycles. The highest BCUT2D eigenvalue weighted by molar-refractivity contribution is 8.13. The lowest BCUT2D eigenvalue weighted by Gasteiger charge is -2.09. The van der Waals surface area contributed by atoms with E-state index in [0.717, 1.165) is 6.07 Å². The van der Waals surface area contributed by atoms with E-state index in [-0.39, 0.29) is 22.3 Å². The van der Waals surface area contributed by atoms with Crippen molar-refractivity contribution in [3.63, 3.8) is 0 Å². The van der Waals surface area contributed by atoms with Crippen LogP contribution in [-0.4, -0.2) is 23.4 Å². The van der Waals surface area contributed by atoms with Crippen molar-refractivity contribution in [2.75, 3.05) is 6.54 Å². The molecule has 0 saturated carbocycles. The Labute approximate surface area is 112 Å². The van der Waals surface area contributed by atoms with E-state index in [0.29, 0.717) is 0 Å². The van der Waals surface area contributed by atoms with Crippen LogP contribution in [0.3, 0.4) is 0 Å². The SMILES string of the molecule is CC(C)CNS(=O)(=O)c1cccc(S(=O)(=O)Cl)c1. The van der Waals surface area contributed by atoms with Gasteiger partial charge in [0.1, 0.15) is 0 Å². The van der Waals surface area contributed by atoms with Crippen molar-refractivity contribution in [2.24, 2.45) is 5.92 Å². The second kappa shape index (κ2) is 5.56. The summed E-state index contributed by atoms with van der Waals surface area (Å²) in [6.07, 6.45) is 0. The van der Waals surface area contributed by atoms with Crippen molar-refractivity contribution in [1.82, 2.24) is 4.72 Å². The molecule has 0 radical (unpaired) electrons. The van der Waals surface area contributed by atoms with Crippen molar-refractivity contribution in [1.29, 1.82) is 0 Å². The quantitative estimate of drug-likeness (QED) is 0.837. The summed E-state index contributed by atoms with van der Waals surface area (Å²) in [5.41, 5.74) is 0.